The molecule has 5 heteroatoms. The Labute approximate surface area is 137 Å². The van der Waals surface area contributed by atoms with Crippen LogP contribution in [0.25, 0.3) is 22.4 Å². The predicted molar refractivity (Wildman–Crippen MR) is 88.0 cm³/mol. The highest BCUT2D eigenvalue weighted by Gasteiger charge is 2.30. The van der Waals surface area contributed by atoms with Crippen molar-refractivity contribution in [2.24, 2.45) is 5.73 Å². The summed E-state index contributed by atoms with van der Waals surface area (Å²) in [6, 6.07) is 16.5. The smallest absolute Gasteiger partial charge is 0.326 e. The molecule has 0 radical (unpaired) electrons. The molecule has 0 aliphatic heterocycles. The van der Waals surface area contributed by atoms with Crippen molar-refractivity contribution >= 4 is 0 Å². The molecule has 0 amide bonds. The molecule has 1 aromatic heterocycles. The maximum atomic E-state index is 12.7. The molecular formula is C19H15F3N2. The average Bonchev–Trinajstić information content (AvgIpc) is 2.61. The lowest BCUT2D eigenvalue weighted by Gasteiger charge is -2.12. The number of benzene rings is 2. The van der Waals surface area contributed by atoms with Crippen molar-refractivity contribution in [1.29, 1.82) is 0 Å². The van der Waals surface area contributed by atoms with Crippen molar-refractivity contribution in [2.75, 3.05) is 0 Å². The summed E-state index contributed by atoms with van der Waals surface area (Å²) in [5.41, 5.74) is 8.93. The molecule has 0 atom stereocenters. The molecule has 3 aromatic rings. The van der Waals surface area contributed by atoms with Crippen LogP contribution in [0.1, 0.15) is 11.1 Å². The lowest BCUT2D eigenvalue weighted by Crippen LogP contribution is -2.04. The summed E-state index contributed by atoms with van der Waals surface area (Å²) >= 11 is 0. The van der Waals surface area contributed by atoms with Gasteiger partial charge in [0.25, 0.3) is 0 Å². The number of nitrogens with two attached hydrogens (primary N) is 1. The number of alkyl halides is 3. The highest BCUT2D eigenvalue weighted by molar-refractivity contribution is 5.81. The summed E-state index contributed by atoms with van der Waals surface area (Å²) < 4.78 is 38.2. The third kappa shape index (κ3) is 3.31. The molecule has 1 heterocycles. The number of pyridine rings is 1. The molecular weight excluding hydrogens is 313 g/mol. The van der Waals surface area contributed by atoms with Gasteiger partial charge in [-0.1, -0.05) is 42.5 Å². The molecule has 24 heavy (non-hydrogen) atoms. The minimum Gasteiger partial charge on any atom is -0.326 e. The van der Waals surface area contributed by atoms with Gasteiger partial charge in [-0.3, -0.25) is 4.98 Å². The maximum Gasteiger partial charge on any atom is 0.416 e. The van der Waals surface area contributed by atoms with E-state index < -0.39 is 11.7 Å². The molecule has 0 fully saturated rings. The fourth-order valence-electron chi connectivity index (χ4n) is 2.50. The van der Waals surface area contributed by atoms with Gasteiger partial charge in [-0.25, -0.2) is 0 Å². The fourth-order valence-corrected chi connectivity index (χ4v) is 2.50. The second-order valence-corrected chi connectivity index (χ2v) is 5.38. The topological polar surface area (TPSA) is 38.9 Å². The molecule has 0 spiro atoms. The van der Waals surface area contributed by atoms with Gasteiger partial charge in [0.15, 0.2) is 0 Å². The first-order valence-corrected chi connectivity index (χ1v) is 7.41. The van der Waals surface area contributed by atoms with E-state index in [0.29, 0.717) is 17.8 Å². The second kappa shape index (κ2) is 6.45. The largest absolute Gasteiger partial charge is 0.416 e. The number of aromatic nitrogens is 1. The van der Waals surface area contributed by atoms with E-state index in [2.05, 4.69) is 4.98 Å². The van der Waals surface area contributed by atoms with Gasteiger partial charge in [0.1, 0.15) is 0 Å². The van der Waals surface area contributed by atoms with Crippen molar-refractivity contribution in [3.8, 4) is 22.4 Å². The molecule has 0 saturated heterocycles. The molecule has 2 aromatic carbocycles. The van der Waals surface area contributed by atoms with Crippen LogP contribution in [0, 0.1) is 0 Å². The first-order valence-electron chi connectivity index (χ1n) is 7.41. The Morgan fingerprint density at radius 2 is 1.54 bits per heavy atom. The number of halogens is 3. The van der Waals surface area contributed by atoms with Crippen LogP contribution in [-0.4, -0.2) is 4.98 Å². The summed E-state index contributed by atoms with van der Waals surface area (Å²) in [5, 5.41) is 0. The van der Waals surface area contributed by atoms with E-state index in [0.717, 1.165) is 28.8 Å². The number of nitrogens with zero attached hydrogens (tertiary/aromatic N) is 1. The first kappa shape index (κ1) is 16.2. The van der Waals surface area contributed by atoms with Crippen LogP contribution in [0.2, 0.25) is 0 Å². The summed E-state index contributed by atoms with van der Waals surface area (Å²) in [4.78, 5) is 4.43. The first-order chi connectivity index (χ1) is 11.5. The molecule has 0 aliphatic carbocycles. The standard InChI is InChI=1S/C19H15F3N2/c20-19(21,22)16-8-6-15(7-9-16)18-17(10-13(11-23)12-24-18)14-4-2-1-3-5-14/h1-10,12H,11,23H2. The lowest BCUT2D eigenvalue weighted by atomic mass is 9.97. The zero-order valence-corrected chi connectivity index (χ0v) is 12.7. The van der Waals surface area contributed by atoms with E-state index in [1.54, 1.807) is 6.20 Å². The van der Waals surface area contributed by atoms with E-state index in [9.17, 15) is 13.2 Å². The highest BCUT2D eigenvalue weighted by Crippen LogP contribution is 2.34. The normalized spacial score (nSPS) is 11.5. The predicted octanol–water partition coefficient (Wildman–Crippen LogP) is 4.89. The van der Waals surface area contributed by atoms with E-state index in [4.69, 9.17) is 5.73 Å². The van der Waals surface area contributed by atoms with Crippen LogP contribution >= 0.6 is 0 Å². The third-order valence-corrected chi connectivity index (χ3v) is 3.75. The molecule has 0 saturated carbocycles. The van der Waals surface area contributed by atoms with E-state index in [-0.39, 0.29) is 0 Å². The van der Waals surface area contributed by atoms with Crippen molar-refractivity contribution in [2.45, 2.75) is 12.7 Å². The van der Waals surface area contributed by atoms with Gasteiger partial charge in [0, 0.05) is 23.9 Å². The number of rotatable bonds is 3. The van der Waals surface area contributed by atoms with Crippen LogP contribution in [0.15, 0.2) is 66.9 Å². The monoisotopic (exact) mass is 328 g/mol. The summed E-state index contributed by atoms with van der Waals surface area (Å²) in [6.45, 7) is 0.347. The minimum absolute atomic E-state index is 0.347. The zero-order chi connectivity index (χ0) is 17.2. The minimum atomic E-state index is -4.35. The van der Waals surface area contributed by atoms with E-state index in [1.165, 1.54) is 12.1 Å². The van der Waals surface area contributed by atoms with E-state index in [1.807, 2.05) is 36.4 Å². The van der Waals surface area contributed by atoms with Crippen LogP contribution in [0.5, 0.6) is 0 Å². The lowest BCUT2D eigenvalue weighted by molar-refractivity contribution is -0.137. The quantitative estimate of drug-likeness (QED) is 0.743. The molecule has 0 unspecified atom stereocenters. The highest BCUT2D eigenvalue weighted by atomic mass is 19.4. The van der Waals surface area contributed by atoms with Gasteiger partial charge in [0.2, 0.25) is 0 Å². The number of hydrogen-bond donors (Lipinski definition) is 1. The average molecular weight is 328 g/mol. The molecule has 3 rings (SSSR count). The van der Waals surface area contributed by atoms with Crippen LogP contribution < -0.4 is 5.73 Å². The Bertz CT molecular complexity index is 825. The number of hydrogen-bond acceptors (Lipinski definition) is 2. The Hall–Kier alpha value is -2.66. The summed E-state index contributed by atoms with van der Waals surface area (Å²) in [6.07, 6.45) is -2.70. The van der Waals surface area contributed by atoms with E-state index >= 15 is 0 Å². The summed E-state index contributed by atoms with van der Waals surface area (Å²) in [7, 11) is 0. The Balaban J connectivity index is 2.11. The van der Waals surface area contributed by atoms with Crippen LogP contribution in [-0.2, 0) is 12.7 Å². The van der Waals surface area contributed by atoms with Crippen LogP contribution in [0.4, 0.5) is 13.2 Å². The SMILES string of the molecule is NCc1cnc(-c2ccc(C(F)(F)F)cc2)c(-c2ccccc2)c1. The van der Waals surface area contributed by atoms with Crippen molar-refractivity contribution in [3.63, 3.8) is 0 Å². The van der Waals surface area contributed by atoms with Gasteiger partial charge < -0.3 is 5.73 Å². The van der Waals surface area contributed by atoms with Gasteiger partial charge >= 0.3 is 6.18 Å². The molecule has 2 N–H and O–H groups in total. The molecule has 0 bridgehead atoms. The maximum absolute atomic E-state index is 12.7. The van der Waals surface area contributed by atoms with Gasteiger partial charge in [-0.15, -0.1) is 0 Å². The Morgan fingerprint density at radius 3 is 2.12 bits per heavy atom. The molecule has 122 valence electrons. The Kier molecular flexibility index (Phi) is 4.36. The fraction of sp³-hybridized carbons (Fsp3) is 0.105. The second-order valence-electron chi connectivity index (χ2n) is 5.38. The van der Waals surface area contributed by atoms with Crippen LogP contribution in [0.3, 0.4) is 0 Å². The molecule has 2 nitrogen and oxygen atoms in total. The van der Waals surface area contributed by atoms with Gasteiger partial charge in [0.05, 0.1) is 11.3 Å². The van der Waals surface area contributed by atoms with Gasteiger partial charge in [-0.05, 0) is 29.3 Å². The van der Waals surface area contributed by atoms with Crippen molar-refractivity contribution in [1.82, 2.24) is 4.98 Å². The Morgan fingerprint density at radius 1 is 0.875 bits per heavy atom. The van der Waals surface area contributed by atoms with Crippen molar-refractivity contribution < 1.29 is 13.2 Å². The third-order valence-electron chi connectivity index (χ3n) is 3.75. The zero-order valence-electron chi connectivity index (χ0n) is 12.7. The van der Waals surface area contributed by atoms with Crippen molar-refractivity contribution in [3.05, 3.63) is 78.0 Å². The summed E-state index contributed by atoms with van der Waals surface area (Å²) in [5.74, 6) is 0. The molecule has 0 aliphatic rings. The van der Waals surface area contributed by atoms with Gasteiger partial charge in [-0.2, -0.15) is 13.2 Å².